The largest absolute Gasteiger partial charge is 0.378 e. The van der Waals surface area contributed by atoms with Crippen LogP contribution in [0.25, 0.3) is 11.1 Å². The number of nitrogens with zero attached hydrogens (tertiary/aromatic N) is 2. The van der Waals surface area contributed by atoms with Crippen LogP contribution in [-0.2, 0) is 22.9 Å². The number of hydrogen-bond donors (Lipinski definition) is 0. The molecule has 0 unspecified atom stereocenters. The molecule has 1 saturated heterocycles. The minimum Gasteiger partial charge on any atom is -0.378 e. The highest BCUT2D eigenvalue weighted by molar-refractivity contribution is 7.89. The van der Waals surface area contributed by atoms with Crippen LogP contribution in [0.3, 0.4) is 0 Å². The van der Waals surface area contributed by atoms with E-state index in [1.807, 2.05) is 12.1 Å². The molecular formula is C28H32N2O2S. The molecule has 1 aliphatic heterocycles. The van der Waals surface area contributed by atoms with Crippen molar-refractivity contribution >= 4 is 15.7 Å². The van der Waals surface area contributed by atoms with Crippen molar-refractivity contribution < 1.29 is 8.42 Å². The summed E-state index contributed by atoms with van der Waals surface area (Å²) in [5.41, 5.74) is 7.43. The molecule has 0 N–H and O–H groups in total. The zero-order valence-corrected chi connectivity index (χ0v) is 20.3. The van der Waals surface area contributed by atoms with E-state index in [4.69, 9.17) is 0 Å². The van der Waals surface area contributed by atoms with Gasteiger partial charge in [-0.05, 0) is 90.1 Å². The van der Waals surface area contributed by atoms with E-state index in [1.54, 1.807) is 10.4 Å². The lowest BCUT2D eigenvalue weighted by Crippen LogP contribution is -2.37. The van der Waals surface area contributed by atoms with Crippen molar-refractivity contribution in [2.75, 3.05) is 32.1 Å². The lowest BCUT2D eigenvalue weighted by atomic mass is 9.88. The molecule has 0 atom stereocenters. The second-order valence-corrected chi connectivity index (χ2v) is 11.5. The van der Waals surface area contributed by atoms with Gasteiger partial charge in [0.15, 0.2) is 0 Å². The summed E-state index contributed by atoms with van der Waals surface area (Å²) in [5.74, 6) is 0.383. The molecule has 0 radical (unpaired) electrons. The van der Waals surface area contributed by atoms with Gasteiger partial charge in [0.1, 0.15) is 0 Å². The average Bonchev–Trinajstić information content (AvgIpc) is 3.32. The van der Waals surface area contributed by atoms with Gasteiger partial charge in [0.25, 0.3) is 0 Å². The number of hydrogen-bond acceptors (Lipinski definition) is 3. The van der Waals surface area contributed by atoms with E-state index in [2.05, 4.69) is 67.5 Å². The molecule has 3 aromatic carbocycles. The Kier molecular flexibility index (Phi) is 6.02. The number of sulfonamides is 1. The minimum atomic E-state index is -3.42. The van der Waals surface area contributed by atoms with Gasteiger partial charge in [0, 0.05) is 32.9 Å². The summed E-state index contributed by atoms with van der Waals surface area (Å²) in [7, 11) is 0.687. The molecule has 0 saturated carbocycles. The molecule has 172 valence electrons. The molecule has 0 amide bonds. The van der Waals surface area contributed by atoms with E-state index in [9.17, 15) is 8.42 Å². The van der Waals surface area contributed by atoms with Gasteiger partial charge in [-0.25, -0.2) is 8.42 Å². The summed E-state index contributed by atoms with van der Waals surface area (Å²) in [5, 5.41) is 0. The molecule has 0 spiro atoms. The Labute approximate surface area is 197 Å². The number of piperidine rings is 1. The fourth-order valence-electron chi connectivity index (χ4n) is 5.22. The Bertz CT molecular complexity index is 1260. The van der Waals surface area contributed by atoms with Crippen molar-refractivity contribution in [1.29, 1.82) is 0 Å². The summed E-state index contributed by atoms with van der Waals surface area (Å²) < 4.78 is 28.2. The van der Waals surface area contributed by atoms with Crippen LogP contribution in [0, 0.1) is 0 Å². The molecular weight excluding hydrogens is 428 g/mol. The van der Waals surface area contributed by atoms with Crippen LogP contribution in [0.4, 0.5) is 5.69 Å². The van der Waals surface area contributed by atoms with Crippen molar-refractivity contribution in [2.24, 2.45) is 0 Å². The summed E-state index contributed by atoms with van der Waals surface area (Å²) in [4.78, 5) is 2.58. The Hall–Kier alpha value is -2.63. The second kappa shape index (κ2) is 8.96. The van der Waals surface area contributed by atoms with Crippen LogP contribution in [-0.4, -0.2) is 39.9 Å². The normalized spacial score (nSPS) is 17.2. The van der Waals surface area contributed by atoms with Gasteiger partial charge < -0.3 is 4.90 Å². The molecule has 1 heterocycles. The van der Waals surface area contributed by atoms with E-state index in [0.29, 0.717) is 23.9 Å². The molecule has 1 aliphatic carbocycles. The average molecular weight is 461 g/mol. The van der Waals surface area contributed by atoms with Crippen molar-refractivity contribution in [3.8, 4) is 11.1 Å². The van der Waals surface area contributed by atoms with Crippen molar-refractivity contribution in [3.63, 3.8) is 0 Å². The smallest absolute Gasteiger partial charge is 0.243 e. The van der Waals surface area contributed by atoms with Crippen molar-refractivity contribution in [3.05, 3.63) is 83.4 Å². The van der Waals surface area contributed by atoms with E-state index >= 15 is 0 Å². The highest BCUT2D eigenvalue weighted by Gasteiger charge is 2.30. The molecule has 3 aromatic rings. The molecule has 0 bridgehead atoms. The maximum atomic E-state index is 13.3. The van der Waals surface area contributed by atoms with Crippen LogP contribution in [0.2, 0.25) is 0 Å². The fourth-order valence-corrected chi connectivity index (χ4v) is 6.74. The first-order valence-electron chi connectivity index (χ1n) is 11.9. The number of fused-ring (bicyclic) bond motifs is 1. The number of rotatable bonds is 5. The van der Waals surface area contributed by atoms with Gasteiger partial charge in [-0.15, -0.1) is 0 Å². The summed E-state index contributed by atoms with van der Waals surface area (Å²) >= 11 is 0. The summed E-state index contributed by atoms with van der Waals surface area (Å²) in [6.07, 6.45) is 4.90. The lowest BCUT2D eigenvalue weighted by Gasteiger charge is -2.31. The second-order valence-electron chi connectivity index (χ2n) is 9.53. The van der Waals surface area contributed by atoms with Gasteiger partial charge in [0.05, 0.1) is 4.90 Å². The third-order valence-electron chi connectivity index (χ3n) is 7.22. The van der Waals surface area contributed by atoms with Crippen LogP contribution in [0.5, 0.6) is 0 Å². The molecule has 4 nitrogen and oxygen atoms in total. The third-order valence-corrected chi connectivity index (χ3v) is 9.11. The van der Waals surface area contributed by atoms with E-state index in [1.165, 1.54) is 33.5 Å². The monoisotopic (exact) mass is 460 g/mol. The predicted octanol–water partition coefficient (Wildman–Crippen LogP) is 5.48. The van der Waals surface area contributed by atoms with Gasteiger partial charge in [0.2, 0.25) is 10.0 Å². The quantitative estimate of drug-likeness (QED) is 0.506. The van der Waals surface area contributed by atoms with Gasteiger partial charge in [-0.1, -0.05) is 42.5 Å². The van der Waals surface area contributed by atoms with Crippen LogP contribution in [0.1, 0.15) is 41.9 Å². The maximum Gasteiger partial charge on any atom is 0.243 e. The fraction of sp³-hybridized carbons (Fsp3) is 0.357. The first-order valence-corrected chi connectivity index (χ1v) is 13.4. The van der Waals surface area contributed by atoms with Crippen LogP contribution >= 0.6 is 0 Å². The summed E-state index contributed by atoms with van der Waals surface area (Å²) in [6, 6.07) is 23.1. The number of benzene rings is 3. The van der Waals surface area contributed by atoms with Crippen molar-refractivity contribution in [2.45, 2.75) is 42.9 Å². The zero-order valence-electron chi connectivity index (χ0n) is 19.5. The zero-order chi connectivity index (χ0) is 23.0. The molecule has 33 heavy (non-hydrogen) atoms. The molecule has 1 fully saturated rings. The first kappa shape index (κ1) is 22.2. The van der Waals surface area contributed by atoms with Gasteiger partial charge in [-0.2, -0.15) is 4.31 Å². The van der Waals surface area contributed by atoms with Crippen molar-refractivity contribution in [1.82, 2.24) is 4.31 Å². The highest BCUT2D eigenvalue weighted by Crippen LogP contribution is 2.34. The lowest BCUT2D eigenvalue weighted by molar-refractivity contribution is 0.319. The molecule has 5 rings (SSSR count). The highest BCUT2D eigenvalue weighted by atomic mass is 32.2. The minimum absolute atomic E-state index is 0.383. The number of anilines is 1. The summed E-state index contributed by atoms with van der Waals surface area (Å²) in [6.45, 7) is 1.15. The van der Waals surface area contributed by atoms with Crippen LogP contribution in [0.15, 0.2) is 71.6 Å². The molecule has 2 aliphatic rings. The number of aryl methyl sites for hydroxylation is 2. The topological polar surface area (TPSA) is 40.6 Å². The van der Waals surface area contributed by atoms with Gasteiger partial charge >= 0.3 is 0 Å². The standard InChI is InChI=1S/C28H32N2O2S/c1-29(2)27-11-5-10-25(19-27)24-8-4-7-23(18-24)22-14-16-30(17-15-22)33(31,32)28-13-12-21-6-3-9-26(21)20-28/h4-5,7-8,10-13,18-20,22H,3,6,9,14-17H2,1-2H3. The first-order chi connectivity index (χ1) is 15.9. The maximum absolute atomic E-state index is 13.3. The predicted molar refractivity (Wildman–Crippen MR) is 135 cm³/mol. The SMILES string of the molecule is CN(C)c1cccc(-c2cccc(C3CCN(S(=O)(=O)c4ccc5c(c4)CCC5)CC3)c2)c1. The van der Waals surface area contributed by atoms with E-state index in [-0.39, 0.29) is 0 Å². The molecule has 5 heteroatoms. The van der Waals surface area contributed by atoms with E-state index in [0.717, 1.165) is 32.1 Å². The van der Waals surface area contributed by atoms with Gasteiger partial charge in [-0.3, -0.25) is 0 Å². The Balaban J connectivity index is 1.30. The Morgan fingerprint density at radius 1 is 0.818 bits per heavy atom. The Morgan fingerprint density at radius 2 is 1.52 bits per heavy atom. The Morgan fingerprint density at radius 3 is 2.27 bits per heavy atom. The van der Waals surface area contributed by atoms with E-state index < -0.39 is 10.0 Å². The molecule has 0 aromatic heterocycles. The van der Waals surface area contributed by atoms with Crippen LogP contribution < -0.4 is 4.90 Å². The third kappa shape index (κ3) is 4.44.